The van der Waals surface area contributed by atoms with Crippen molar-refractivity contribution >= 4 is 23.4 Å². The molecule has 3 rings (SSSR count). The van der Waals surface area contributed by atoms with Crippen molar-refractivity contribution in [2.75, 3.05) is 0 Å². The van der Waals surface area contributed by atoms with Crippen molar-refractivity contribution < 1.29 is 13.9 Å². The number of aromatic nitrogens is 2. The summed E-state index contributed by atoms with van der Waals surface area (Å²) in [5, 5.41) is 17.6. The summed E-state index contributed by atoms with van der Waals surface area (Å²) in [5.74, 6) is -0.0155. The SMILES string of the molecule is CCCC(Sc1nnc(-c2ccc(CO)cc2)o1)c1cccc(Cl)c1F. The monoisotopic (exact) mass is 392 g/mol. The Morgan fingerprint density at radius 1 is 1.19 bits per heavy atom. The molecule has 0 saturated heterocycles. The molecule has 0 radical (unpaired) electrons. The van der Waals surface area contributed by atoms with Crippen molar-refractivity contribution in [3.05, 3.63) is 64.4 Å². The maximum atomic E-state index is 14.4. The Balaban J connectivity index is 1.82. The predicted octanol–water partition coefficient (Wildman–Crippen LogP) is 5.65. The molecule has 0 bridgehead atoms. The molecule has 1 aromatic heterocycles. The van der Waals surface area contributed by atoms with Gasteiger partial charge in [-0.25, -0.2) is 4.39 Å². The summed E-state index contributed by atoms with van der Waals surface area (Å²) < 4.78 is 20.1. The molecule has 4 nitrogen and oxygen atoms in total. The molecule has 1 unspecified atom stereocenters. The molecule has 0 aliphatic carbocycles. The molecule has 0 aliphatic heterocycles. The lowest BCUT2D eigenvalue weighted by atomic mass is 10.1. The average Bonchev–Trinajstić information content (AvgIpc) is 3.12. The van der Waals surface area contributed by atoms with Gasteiger partial charge in [0.2, 0.25) is 5.89 Å². The van der Waals surface area contributed by atoms with Gasteiger partial charge in [-0.15, -0.1) is 10.2 Å². The number of nitrogens with zero attached hydrogens (tertiary/aromatic N) is 2. The molecule has 136 valence electrons. The zero-order valence-corrected chi connectivity index (χ0v) is 15.7. The molecular weight excluding hydrogens is 375 g/mol. The van der Waals surface area contributed by atoms with Crippen molar-refractivity contribution in [1.82, 2.24) is 10.2 Å². The Morgan fingerprint density at radius 2 is 1.96 bits per heavy atom. The number of rotatable bonds is 7. The number of halogens is 2. The zero-order valence-electron chi connectivity index (χ0n) is 14.2. The molecule has 7 heteroatoms. The summed E-state index contributed by atoms with van der Waals surface area (Å²) in [6.07, 6.45) is 1.64. The fourth-order valence-electron chi connectivity index (χ4n) is 2.56. The first-order valence-electron chi connectivity index (χ1n) is 8.26. The standard InChI is InChI=1S/C19H18ClFN2O2S/c1-2-4-16(14-5-3-6-15(20)17(14)21)26-19-23-22-18(25-19)13-9-7-12(11-24)8-10-13/h3,5-10,16,24H,2,4,11H2,1H3. The highest BCUT2D eigenvalue weighted by Gasteiger charge is 2.21. The minimum Gasteiger partial charge on any atom is -0.411 e. The molecule has 1 N–H and O–H groups in total. The molecule has 1 atom stereocenters. The highest BCUT2D eigenvalue weighted by Crippen LogP contribution is 2.40. The van der Waals surface area contributed by atoms with Crippen LogP contribution < -0.4 is 0 Å². The summed E-state index contributed by atoms with van der Waals surface area (Å²) >= 11 is 7.25. The Kier molecular flexibility index (Phi) is 6.29. The predicted molar refractivity (Wildman–Crippen MR) is 101 cm³/mol. The minimum absolute atomic E-state index is 0.0187. The number of benzene rings is 2. The van der Waals surface area contributed by atoms with Crippen LogP contribution >= 0.6 is 23.4 Å². The van der Waals surface area contributed by atoms with E-state index in [1.807, 2.05) is 19.1 Å². The van der Waals surface area contributed by atoms with Gasteiger partial charge < -0.3 is 9.52 Å². The normalized spacial score (nSPS) is 12.3. The van der Waals surface area contributed by atoms with E-state index in [0.717, 1.165) is 24.0 Å². The van der Waals surface area contributed by atoms with Gasteiger partial charge in [0.15, 0.2) is 0 Å². The number of hydrogen-bond acceptors (Lipinski definition) is 5. The lowest BCUT2D eigenvalue weighted by Gasteiger charge is -2.15. The van der Waals surface area contributed by atoms with Crippen LogP contribution in [0.5, 0.6) is 0 Å². The van der Waals surface area contributed by atoms with E-state index >= 15 is 0 Å². The van der Waals surface area contributed by atoms with Crippen LogP contribution in [-0.2, 0) is 6.61 Å². The molecule has 26 heavy (non-hydrogen) atoms. The topological polar surface area (TPSA) is 59.2 Å². The van der Waals surface area contributed by atoms with Crippen molar-refractivity contribution in [1.29, 1.82) is 0 Å². The van der Waals surface area contributed by atoms with Crippen LogP contribution in [-0.4, -0.2) is 15.3 Å². The molecule has 0 fully saturated rings. The Morgan fingerprint density at radius 3 is 2.65 bits per heavy atom. The van der Waals surface area contributed by atoms with Crippen molar-refractivity contribution in [2.45, 2.75) is 36.8 Å². The smallest absolute Gasteiger partial charge is 0.277 e. The lowest BCUT2D eigenvalue weighted by Crippen LogP contribution is -1.98. The summed E-state index contributed by atoms with van der Waals surface area (Å²) in [5.41, 5.74) is 2.11. The summed E-state index contributed by atoms with van der Waals surface area (Å²) in [6, 6.07) is 12.2. The van der Waals surface area contributed by atoms with Crippen LogP contribution in [0.25, 0.3) is 11.5 Å². The second kappa shape index (κ2) is 8.66. The number of aliphatic hydroxyl groups is 1. The van der Waals surface area contributed by atoms with Crippen LogP contribution in [0.3, 0.4) is 0 Å². The lowest BCUT2D eigenvalue weighted by molar-refractivity contribution is 0.282. The highest BCUT2D eigenvalue weighted by atomic mass is 35.5. The largest absolute Gasteiger partial charge is 0.411 e. The summed E-state index contributed by atoms with van der Waals surface area (Å²) in [7, 11) is 0. The van der Waals surface area contributed by atoms with Gasteiger partial charge >= 0.3 is 0 Å². The van der Waals surface area contributed by atoms with Crippen LogP contribution in [0.4, 0.5) is 4.39 Å². The number of thioether (sulfide) groups is 1. The van der Waals surface area contributed by atoms with Crippen molar-refractivity contribution in [3.63, 3.8) is 0 Å². The van der Waals surface area contributed by atoms with Gasteiger partial charge in [-0.05, 0) is 30.2 Å². The molecule has 3 aromatic rings. The van der Waals surface area contributed by atoms with Gasteiger partial charge in [0.1, 0.15) is 5.82 Å². The van der Waals surface area contributed by atoms with Crippen LogP contribution in [0, 0.1) is 5.82 Å². The van der Waals surface area contributed by atoms with E-state index < -0.39 is 5.82 Å². The fraction of sp³-hybridized carbons (Fsp3) is 0.263. The molecule has 0 saturated carbocycles. The van der Waals surface area contributed by atoms with Gasteiger partial charge in [-0.2, -0.15) is 0 Å². The van der Waals surface area contributed by atoms with Gasteiger partial charge in [-0.3, -0.25) is 0 Å². The molecule has 1 heterocycles. The van der Waals surface area contributed by atoms with E-state index in [9.17, 15) is 4.39 Å². The second-order valence-corrected chi connectivity index (χ2v) is 7.33. The van der Waals surface area contributed by atoms with E-state index in [2.05, 4.69) is 10.2 Å². The highest BCUT2D eigenvalue weighted by molar-refractivity contribution is 7.99. The third-order valence-corrected chi connectivity index (χ3v) is 5.34. The van der Waals surface area contributed by atoms with E-state index in [4.69, 9.17) is 21.1 Å². The van der Waals surface area contributed by atoms with E-state index in [1.54, 1.807) is 24.3 Å². The van der Waals surface area contributed by atoms with Gasteiger partial charge in [0.25, 0.3) is 5.22 Å². The molecule has 0 spiro atoms. The van der Waals surface area contributed by atoms with E-state index in [-0.39, 0.29) is 16.9 Å². The van der Waals surface area contributed by atoms with Crippen LogP contribution in [0.2, 0.25) is 5.02 Å². The van der Waals surface area contributed by atoms with Crippen molar-refractivity contribution in [3.8, 4) is 11.5 Å². The summed E-state index contributed by atoms with van der Waals surface area (Å²) in [4.78, 5) is 0. The molecule has 0 amide bonds. The summed E-state index contributed by atoms with van der Waals surface area (Å²) in [6.45, 7) is 2.02. The molecule has 0 aliphatic rings. The fourth-order valence-corrected chi connectivity index (χ4v) is 3.86. The Bertz CT molecular complexity index is 870. The number of hydrogen-bond donors (Lipinski definition) is 1. The first-order chi connectivity index (χ1) is 12.6. The van der Waals surface area contributed by atoms with Crippen LogP contribution in [0.1, 0.15) is 36.1 Å². The maximum Gasteiger partial charge on any atom is 0.277 e. The first kappa shape index (κ1) is 18.9. The number of aliphatic hydroxyl groups excluding tert-OH is 1. The first-order valence-corrected chi connectivity index (χ1v) is 9.52. The third-order valence-electron chi connectivity index (χ3n) is 3.91. The molecule has 2 aromatic carbocycles. The van der Waals surface area contributed by atoms with E-state index in [1.165, 1.54) is 17.8 Å². The Hall–Kier alpha value is -1.89. The maximum absolute atomic E-state index is 14.4. The quantitative estimate of drug-likeness (QED) is 0.526. The Labute approximate surface area is 160 Å². The van der Waals surface area contributed by atoms with E-state index in [0.29, 0.717) is 16.7 Å². The van der Waals surface area contributed by atoms with Crippen molar-refractivity contribution in [2.24, 2.45) is 0 Å². The van der Waals surface area contributed by atoms with Gasteiger partial charge in [-0.1, -0.05) is 61.0 Å². The average molecular weight is 393 g/mol. The molecular formula is C19H18ClFN2O2S. The zero-order chi connectivity index (χ0) is 18.5. The third kappa shape index (κ3) is 4.26. The second-order valence-electron chi connectivity index (χ2n) is 5.77. The minimum atomic E-state index is -0.403. The van der Waals surface area contributed by atoms with Gasteiger partial charge in [0, 0.05) is 16.4 Å². The van der Waals surface area contributed by atoms with Gasteiger partial charge in [0.05, 0.1) is 11.6 Å². The van der Waals surface area contributed by atoms with Crippen LogP contribution in [0.15, 0.2) is 52.1 Å².